The van der Waals surface area contributed by atoms with E-state index in [1.54, 1.807) is 24.3 Å². The lowest BCUT2D eigenvalue weighted by atomic mass is 9.87. The number of halogens is 1. The fourth-order valence-corrected chi connectivity index (χ4v) is 3.95. The van der Waals surface area contributed by atoms with E-state index in [1.165, 1.54) is 17.3 Å². The molecule has 164 valence electrons. The minimum Gasteiger partial charge on any atom is -0.486 e. The Morgan fingerprint density at radius 3 is 2.55 bits per heavy atom. The molecule has 1 heterocycles. The summed E-state index contributed by atoms with van der Waals surface area (Å²) in [6, 6.07) is 15.2. The van der Waals surface area contributed by atoms with Gasteiger partial charge in [0.15, 0.2) is 11.0 Å². The second-order valence-electron chi connectivity index (χ2n) is 8.05. The Bertz CT molecular complexity index is 1030. The number of anilines is 1. The molecule has 0 radical (unpaired) electrons. The van der Waals surface area contributed by atoms with Crippen molar-refractivity contribution < 1.29 is 9.53 Å². The molecule has 0 bridgehead atoms. The molecule has 0 aliphatic heterocycles. The number of carbonyl (C=O) groups is 1. The summed E-state index contributed by atoms with van der Waals surface area (Å²) in [5.74, 6) is 1.60. The van der Waals surface area contributed by atoms with Crippen LogP contribution in [0.4, 0.5) is 5.69 Å². The van der Waals surface area contributed by atoms with E-state index >= 15 is 0 Å². The SMILES string of the molecule is CCn1c(COc2ccc(C(C)(C)C)cc2)nnc1SCC(=O)Nc1cccc(Cl)c1. The van der Waals surface area contributed by atoms with Crippen molar-refractivity contribution in [3.8, 4) is 5.75 Å². The number of nitrogens with zero attached hydrogens (tertiary/aromatic N) is 3. The summed E-state index contributed by atoms with van der Waals surface area (Å²) in [6.07, 6.45) is 0. The van der Waals surface area contributed by atoms with E-state index in [4.69, 9.17) is 16.3 Å². The molecule has 3 aromatic rings. The van der Waals surface area contributed by atoms with Crippen molar-refractivity contribution in [1.29, 1.82) is 0 Å². The van der Waals surface area contributed by atoms with Gasteiger partial charge in [-0.25, -0.2) is 0 Å². The predicted molar refractivity (Wildman–Crippen MR) is 126 cm³/mol. The number of rotatable bonds is 8. The number of ether oxygens (including phenoxy) is 1. The molecule has 3 rings (SSSR count). The quantitative estimate of drug-likeness (QED) is 0.447. The Morgan fingerprint density at radius 2 is 1.90 bits per heavy atom. The van der Waals surface area contributed by atoms with Crippen molar-refractivity contribution in [2.75, 3.05) is 11.1 Å². The molecule has 0 aliphatic rings. The summed E-state index contributed by atoms with van der Waals surface area (Å²) in [6.45, 7) is 9.56. The number of benzene rings is 2. The van der Waals surface area contributed by atoms with Crippen molar-refractivity contribution in [2.45, 2.75) is 51.4 Å². The zero-order valence-electron chi connectivity index (χ0n) is 18.2. The van der Waals surface area contributed by atoms with Crippen LogP contribution in [0.3, 0.4) is 0 Å². The molecule has 0 unspecified atom stereocenters. The third-order valence-electron chi connectivity index (χ3n) is 4.64. The highest BCUT2D eigenvalue weighted by molar-refractivity contribution is 7.99. The predicted octanol–water partition coefficient (Wildman–Crippen LogP) is 5.56. The van der Waals surface area contributed by atoms with Crippen LogP contribution in [-0.2, 0) is 23.4 Å². The number of hydrogen-bond acceptors (Lipinski definition) is 5. The largest absolute Gasteiger partial charge is 0.486 e. The van der Waals surface area contributed by atoms with Gasteiger partial charge in [-0.15, -0.1) is 10.2 Å². The normalized spacial score (nSPS) is 11.4. The second-order valence-corrected chi connectivity index (χ2v) is 9.43. The molecular weight excluding hydrogens is 432 g/mol. The molecule has 0 spiro atoms. The molecule has 1 aromatic heterocycles. The Kier molecular flexibility index (Phi) is 7.62. The van der Waals surface area contributed by atoms with E-state index < -0.39 is 0 Å². The van der Waals surface area contributed by atoms with Gasteiger partial charge in [0, 0.05) is 17.3 Å². The maximum Gasteiger partial charge on any atom is 0.234 e. The minimum atomic E-state index is -0.130. The van der Waals surface area contributed by atoms with E-state index in [0.29, 0.717) is 29.0 Å². The van der Waals surface area contributed by atoms with E-state index in [9.17, 15) is 4.79 Å². The van der Waals surface area contributed by atoms with E-state index in [1.807, 2.05) is 23.6 Å². The standard InChI is InChI=1S/C23H27ClN4O2S/c1-5-28-20(14-30-19-11-9-16(10-12-19)23(2,3)4)26-27-22(28)31-15-21(29)25-18-8-6-7-17(24)13-18/h6-13H,5,14-15H2,1-4H3,(H,25,29). The molecule has 31 heavy (non-hydrogen) atoms. The zero-order chi connectivity index (χ0) is 22.4. The topological polar surface area (TPSA) is 69.0 Å². The molecule has 1 N–H and O–H groups in total. The Balaban J connectivity index is 1.57. The lowest BCUT2D eigenvalue weighted by Gasteiger charge is -2.19. The van der Waals surface area contributed by atoms with Crippen molar-refractivity contribution in [1.82, 2.24) is 14.8 Å². The smallest absolute Gasteiger partial charge is 0.234 e. The van der Waals surface area contributed by atoms with Crippen LogP contribution in [0.2, 0.25) is 5.02 Å². The Hall–Kier alpha value is -2.51. The fourth-order valence-electron chi connectivity index (χ4n) is 2.94. The second kappa shape index (κ2) is 10.2. The molecule has 0 fully saturated rings. The number of nitrogens with one attached hydrogen (secondary N) is 1. The van der Waals surface area contributed by atoms with Crippen molar-refractivity contribution >= 4 is 35.0 Å². The molecule has 6 nitrogen and oxygen atoms in total. The van der Waals surface area contributed by atoms with E-state index in [2.05, 4.69) is 48.4 Å². The highest BCUT2D eigenvalue weighted by Crippen LogP contribution is 2.25. The summed E-state index contributed by atoms with van der Waals surface area (Å²) in [5, 5.41) is 12.6. The first-order valence-electron chi connectivity index (χ1n) is 10.1. The first kappa shape index (κ1) is 23.2. The lowest BCUT2D eigenvalue weighted by molar-refractivity contribution is -0.113. The average molecular weight is 459 g/mol. The van der Waals surface area contributed by atoms with Crippen LogP contribution in [0.15, 0.2) is 53.7 Å². The van der Waals surface area contributed by atoms with Gasteiger partial charge in [0.1, 0.15) is 12.4 Å². The number of thioether (sulfide) groups is 1. The van der Waals surface area contributed by atoms with Crippen molar-refractivity contribution in [2.24, 2.45) is 0 Å². The van der Waals surface area contributed by atoms with Crippen LogP contribution in [-0.4, -0.2) is 26.4 Å². The van der Waals surface area contributed by atoms with Crippen molar-refractivity contribution in [3.05, 3.63) is 64.9 Å². The van der Waals surface area contributed by atoms with E-state index in [-0.39, 0.29) is 17.1 Å². The molecule has 0 saturated heterocycles. The summed E-state index contributed by atoms with van der Waals surface area (Å²) < 4.78 is 7.87. The summed E-state index contributed by atoms with van der Waals surface area (Å²) in [4.78, 5) is 12.3. The van der Waals surface area contributed by atoms with Crippen LogP contribution in [0, 0.1) is 0 Å². The van der Waals surface area contributed by atoms with Gasteiger partial charge in [-0.05, 0) is 48.2 Å². The molecule has 2 aromatic carbocycles. The molecule has 0 saturated carbocycles. The van der Waals surface area contributed by atoms with Gasteiger partial charge in [0.2, 0.25) is 5.91 Å². The molecule has 1 amide bonds. The highest BCUT2D eigenvalue weighted by Gasteiger charge is 2.15. The van der Waals surface area contributed by atoms with E-state index in [0.717, 1.165) is 11.6 Å². The number of carbonyl (C=O) groups excluding carboxylic acids is 1. The van der Waals surface area contributed by atoms with Crippen LogP contribution >= 0.6 is 23.4 Å². The number of aromatic nitrogens is 3. The fraction of sp³-hybridized carbons (Fsp3) is 0.348. The molecule has 0 atom stereocenters. The third-order valence-corrected chi connectivity index (χ3v) is 5.84. The van der Waals surface area contributed by atoms with Crippen molar-refractivity contribution in [3.63, 3.8) is 0 Å². The molecule has 0 aliphatic carbocycles. The molecular formula is C23H27ClN4O2S. The maximum atomic E-state index is 12.3. The Labute approximate surface area is 192 Å². The Morgan fingerprint density at radius 1 is 1.16 bits per heavy atom. The monoisotopic (exact) mass is 458 g/mol. The van der Waals surface area contributed by atoms with Gasteiger partial charge < -0.3 is 14.6 Å². The van der Waals surface area contributed by atoms with Crippen LogP contribution in [0.25, 0.3) is 0 Å². The number of amides is 1. The van der Waals surface area contributed by atoms with Crippen LogP contribution < -0.4 is 10.1 Å². The van der Waals surface area contributed by atoms with Gasteiger partial charge in [-0.3, -0.25) is 4.79 Å². The van der Waals surface area contributed by atoms with Gasteiger partial charge in [-0.2, -0.15) is 0 Å². The molecule has 8 heteroatoms. The summed E-state index contributed by atoms with van der Waals surface area (Å²) in [5.41, 5.74) is 2.03. The maximum absolute atomic E-state index is 12.3. The van der Waals surface area contributed by atoms with Gasteiger partial charge >= 0.3 is 0 Å². The lowest BCUT2D eigenvalue weighted by Crippen LogP contribution is -2.15. The van der Waals surface area contributed by atoms with Crippen LogP contribution in [0.1, 0.15) is 39.1 Å². The minimum absolute atomic E-state index is 0.103. The first-order valence-corrected chi connectivity index (χ1v) is 11.5. The van der Waals surface area contributed by atoms with Gasteiger partial charge in [-0.1, -0.05) is 62.3 Å². The van der Waals surface area contributed by atoms with Gasteiger partial charge in [0.25, 0.3) is 0 Å². The first-order chi connectivity index (χ1) is 14.8. The third kappa shape index (κ3) is 6.48. The summed E-state index contributed by atoms with van der Waals surface area (Å²) in [7, 11) is 0. The van der Waals surface area contributed by atoms with Gasteiger partial charge in [0.05, 0.1) is 5.75 Å². The average Bonchev–Trinajstić information content (AvgIpc) is 3.12. The zero-order valence-corrected chi connectivity index (χ0v) is 19.8. The number of hydrogen-bond donors (Lipinski definition) is 1. The van der Waals surface area contributed by atoms with Crippen LogP contribution in [0.5, 0.6) is 5.75 Å². The summed E-state index contributed by atoms with van der Waals surface area (Å²) >= 11 is 7.29. The highest BCUT2D eigenvalue weighted by atomic mass is 35.5.